The zero-order chi connectivity index (χ0) is 64.2. The van der Waals surface area contributed by atoms with E-state index in [1.54, 1.807) is 0 Å². The van der Waals surface area contributed by atoms with Gasteiger partial charge in [0.15, 0.2) is 0 Å². The molecule has 0 saturated carbocycles. The molecule has 6 heteroatoms. The highest BCUT2D eigenvalue weighted by Gasteiger charge is 2.20. The minimum atomic E-state index is -0.663. The molecule has 0 rings (SSSR count). The van der Waals surface area contributed by atoms with E-state index in [4.69, 9.17) is 4.74 Å². The zero-order valence-corrected chi connectivity index (χ0v) is 60.2. The molecule has 0 aliphatic heterocycles. The van der Waals surface area contributed by atoms with Crippen LogP contribution in [0.5, 0.6) is 0 Å². The van der Waals surface area contributed by atoms with Crippen LogP contribution in [0.3, 0.4) is 0 Å². The van der Waals surface area contributed by atoms with Gasteiger partial charge in [-0.3, -0.25) is 9.59 Å². The van der Waals surface area contributed by atoms with Crippen molar-refractivity contribution in [2.45, 2.75) is 456 Å². The summed E-state index contributed by atoms with van der Waals surface area (Å²) in [6.45, 7) is 4.97. The van der Waals surface area contributed by atoms with E-state index in [1.807, 2.05) is 0 Å². The Morgan fingerprint density at radius 2 is 0.562 bits per heavy atom. The van der Waals surface area contributed by atoms with Crippen molar-refractivity contribution in [1.29, 1.82) is 0 Å². The van der Waals surface area contributed by atoms with Crippen LogP contribution in [0.4, 0.5) is 0 Å². The molecule has 524 valence electrons. The van der Waals surface area contributed by atoms with Crippen LogP contribution in [0.2, 0.25) is 0 Å². The van der Waals surface area contributed by atoms with Crippen molar-refractivity contribution < 1.29 is 24.5 Å². The highest BCUT2D eigenvalue weighted by molar-refractivity contribution is 5.76. The van der Waals surface area contributed by atoms with Crippen molar-refractivity contribution in [3.63, 3.8) is 0 Å². The van der Waals surface area contributed by atoms with Gasteiger partial charge in [-0.05, 0) is 89.9 Å². The average Bonchev–Trinajstić information content (AvgIpc) is 3.63. The second-order valence-electron chi connectivity index (χ2n) is 27.7. The van der Waals surface area contributed by atoms with E-state index in [1.165, 1.54) is 353 Å². The normalized spacial score (nSPS) is 12.7. The summed E-state index contributed by atoms with van der Waals surface area (Å²) in [7, 11) is 0. The number of carbonyl (C=O) groups excluding carboxylic acids is 2. The number of amides is 1. The lowest BCUT2D eigenvalue weighted by molar-refractivity contribution is -0.143. The lowest BCUT2D eigenvalue weighted by atomic mass is 10.0. The average molecular weight is 1250 g/mol. The quantitative estimate of drug-likeness (QED) is 0.0320. The third-order valence-electron chi connectivity index (χ3n) is 18.9. The summed E-state index contributed by atoms with van der Waals surface area (Å²) in [6.07, 6.45) is 104. The fraction of sp³-hybridized carbons (Fsp3) is 0.880. The summed E-state index contributed by atoms with van der Waals surface area (Å²) in [4.78, 5) is 24.6. The molecule has 2 unspecified atom stereocenters. The van der Waals surface area contributed by atoms with Gasteiger partial charge in [-0.2, -0.15) is 0 Å². The number of rotatable bonds is 76. The van der Waals surface area contributed by atoms with Gasteiger partial charge >= 0.3 is 5.97 Å². The Morgan fingerprint density at radius 3 is 0.865 bits per heavy atom. The van der Waals surface area contributed by atoms with Gasteiger partial charge in [0.1, 0.15) is 0 Å². The topological polar surface area (TPSA) is 95.9 Å². The van der Waals surface area contributed by atoms with Gasteiger partial charge in [-0.25, -0.2) is 0 Å². The highest BCUT2D eigenvalue weighted by atomic mass is 16.5. The van der Waals surface area contributed by atoms with E-state index >= 15 is 0 Å². The summed E-state index contributed by atoms with van der Waals surface area (Å²) in [5.74, 6) is -0.0209. The third-order valence-corrected chi connectivity index (χ3v) is 18.9. The minimum Gasteiger partial charge on any atom is -0.466 e. The summed E-state index contributed by atoms with van der Waals surface area (Å²) in [5.41, 5.74) is 0. The molecular weight excluding hydrogens is 1090 g/mol. The molecule has 0 radical (unpaired) electrons. The maximum Gasteiger partial charge on any atom is 0.305 e. The maximum atomic E-state index is 12.5. The van der Waals surface area contributed by atoms with Crippen LogP contribution in [0.25, 0.3) is 0 Å². The fourth-order valence-corrected chi connectivity index (χ4v) is 12.7. The molecule has 89 heavy (non-hydrogen) atoms. The molecule has 1 amide bonds. The minimum absolute atomic E-state index is 0.00721. The standard InChI is InChI=1S/C83H157NO5/c1-3-5-7-9-11-13-15-17-19-44-47-51-55-59-63-67-71-75-81(86)80(79-85)84-82(87)76-72-68-64-60-56-52-48-45-42-40-38-36-34-32-30-28-26-24-22-21-23-25-27-29-31-33-35-37-39-41-43-46-50-54-58-62-66-70-74-78-89-83(88)77-73-69-65-61-57-53-49-20-18-16-14-12-10-8-6-4-2/h14,16,20-22,25,27,49,80-81,85-86H,3-13,15,17-19,23-24,26,28-48,50-79H2,1-2H3,(H,84,87)/b16-14-,22-21-,27-25-,49-20-. The fourth-order valence-electron chi connectivity index (χ4n) is 12.7. The predicted octanol–water partition coefficient (Wildman–Crippen LogP) is 26.8. The molecule has 0 aromatic carbocycles. The van der Waals surface area contributed by atoms with E-state index in [0.717, 1.165) is 57.8 Å². The molecule has 2 atom stereocenters. The first-order chi connectivity index (χ1) is 44.0. The molecule has 0 bridgehead atoms. The number of aliphatic hydroxyl groups excluding tert-OH is 2. The summed E-state index contributed by atoms with van der Waals surface area (Å²) in [6, 6.07) is -0.540. The van der Waals surface area contributed by atoms with Gasteiger partial charge in [0.2, 0.25) is 5.91 Å². The van der Waals surface area contributed by atoms with Gasteiger partial charge < -0.3 is 20.3 Å². The maximum absolute atomic E-state index is 12.5. The number of hydrogen-bond acceptors (Lipinski definition) is 5. The van der Waals surface area contributed by atoms with Crippen molar-refractivity contribution in [3.8, 4) is 0 Å². The number of nitrogens with one attached hydrogen (secondary N) is 1. The number of unbranched alkanes of at least 4 members (excludes halogenated alkanes) is 57. The Balaban J connectivity index is 3.35. The molecule has 0 fully saturated rings. The van der Waals surface area contributed by atoms with Crippen LogP contribution in [0.1, 0.15) is 444 Å². The number of carbonyl (C=O) groups is 2. The Morgan fingerprint density at radius 1 is 0.315 bits per heavy atom. The van der Waals surface area contributed by atoms with Crippen LogP contribution < -0.4 is 5.32 Å². The molecule has 0 aromatic rings. The van der Waals surface area contributed by atoms with Crippen molar-refractivity contribution >= 4 is 11.9 Å². The first-order valence-electron chi connectivity index (χ1n) is 40.4. The summed E-state index contributed by atoms with van der Waals surface area (Å²) >= 11 is 0. The van der Waals surface area contributed by atoms with E-state index in [0.29, 0.717) is 25.9 Å². The number of allylic oxidation sites excluding steroid dienone is 8. The van der Waals surface area contributed by atoms with Crippen LogP contribution in [0.15, 0.2) is 48.6 Å². The van der Waals surface area contributed by atoms with E-state index < -0.39 is 12.1 Å². The molecule has 3 N–H and O–H groups in total. The van der Waals surface area contributed by atoms with Gasteiger partial charge in [0.25, 0.3) is 0 Å². The summed E-state index contributed by atoms with van der Waals surface area (Å²) < 4.78 is 5.50. The van der Waals surface area contributed by atoms with Crippen LogP contribution >= 0.6 is 0 Å². The lowest BCUT2D eigenvalue weighted by Crippen LogP contribution is -2.45. The van der Waals surface area contributed by atoms with E-state index in [9.17, 15) is 19.8 Å². The van der Waals surface area contributed by atoms with Gasteiger partial charge in [0, 0.05) is 12.8 Å². The number of hydrogen-bond donors (Lipinski definition) is 3. The smallest absolute Gasteiger partial charge is 0.305 e. The molecular formula is C83H157NO5. The van der Waals surface area contributed by atoms with Crippen LogP contribution in [-0.4, -0.2) is 47.4 Å². The van der Waals surface area contributed by atoms with Crippen molar-refractivity contribution in [1.82, 2.24) is 5.32 Å². The molecule has 6 nitrogen and oxygen atoms in total. The predicted molar refractivity (Wildman–Crippen MR) is 393 cm³/mol. The van der Waals surface area contributed by atoms with Crippen molar-refractivity contribution in [3.05, 3.63) is 48.6 Å². The highest BCUT2D eigenvalue weighted by Crippen LogP contribution is 2.20. The molecule has 0 saturated heterocycles. The van der Waals surface area contributed by atoms with Crippen molar-refractivity contribution in [2.75, 3.05) is 13.2 Å². The Labute approximate surface area is 556 Å². The molecule has 0 spiro atoms. The first kappa shape index (κ1) is 86.8. The zero-order valence-electron chi connectivity index (χ0n) is 60.2. The molecule has 0 aromatic heterocycles. The SMILES string of the molecule is CCCCCC/C=C\C/C=C\CCCCCCCC(=O)OCCCCCCCCCCCCCCCCC/C=C\C/C=C\CCCCCCCCCCCCCCCCCCCC(=O)NC(CO)C(O)CCCCCCCCCCCCCCCCCCC. The lowest BCUT2D eigenvalue weighted by Gasteiger charge is -2.22. The molecule has 0 heterocycles. The van der Waals surface area contributed by atoms with Gasteiger partial charge in [-0.15, -0.1) is 0 Å². The Hall–Kier alpha value is -2.18. The molecule has 0 aliphatic carbocycles. The monoisotopic (exact) mass is 1250 g/mol. The van der Waals surface area contributed by atoms with E-state index in [2.05, 4.69) is 67.8 Å². The first-order valence-corrected chi connectivity index (χ1v) is 40.4. The van der Waals surface area contributed by atoms with E-state index in [-0.39, 0.29) is 18.5 Å². The van der Waals surface area contributed by atoms with Gasteiger partial charge in [0.05, 0.1) is 25.4 Å². The summed E-state index contributed by atoms with van der Waals surface area (Å²) in [5, 5.41) is 23.4. The second-order valence-corrected chi connectivity index (χ2v) is 27.7. The van der Waals surface area contributed by atoms with Crippen molar-refractivity contribution in [2.24, 2.45) is 0 Å². The number of esters is 1. The van der Waals surface area contributed by atoms with Gasteiger partial charge in [-0.1, -0.05) is 390 Å². The van der Waals surface area contributed by atoms with Crippen LogP contribution in [0, 0.1) is 0 Å². The second kappa shape index (κ2) is 78.3. The Kier molecular flexibility index (Phi) is 76.3. The van der Waals surface area contributed by atoms with Crippen LogP contribution in [-0.2, 0) is 14.3 Å². The number of aliphatic hydroxyl groups is 2. The largest absolute Gasteiger partial charge is 0.466 e. The molecule has 0 aliphatic rings. The number of ether oxygens (including phenoxy) is 1. The Bertz CT molecular complexity index is 1490. The third kappa shape index (κ3) is 74.7.